The number of hydrogen-bond donors (Lipinski definition) is 1. The van der Waals surface area contributed by atoms with Crippen molar-refractivity contribution < 1.29 is 9.53 Å². The first-order valence-electron chi connectivity index (χ1n) is 6.18. The highest BCUT2D eigenvalue weighted by molar-refractivity contribution is 9.09. The molecule has 2 rings (SSSR count). The normalized spacial score (nSPS) is 16.2. The van der Waals surface area contributed by atoms with Crippen molar-refractivity contribution in [1.29, 1.82) is 0 Å². The maximum Gasteiger partial charge on any atom is 0.255 e. The van der Waals surface area contributed by atoms with Gasteiger partial charge in [-0.15, -0.1) is 0 Å². The Bertz CT molecular complexity index is 443. The molecule has 18 heavy (non-hydrogen) atoms. The fourth-order valence-corrected chi connectivity index (χ4v) is 2.60. The molecule has 1 aromatic rings. The van der Waals surface area contributed by atoms with Gasteiger partial charge in [-0.1, -0.05) is 27.6 Å². The average Bonchev–Trinajstić information content (AvgIpc) is 3.19. The lowest BCUT2D eigenvalue weighted by atomic mass is 10.1. The maximum atomic E-state index is 12.1. The number of carbonyl (C=O) groups excluding carboxylic acids is 1. The van der Waals surface area contributed by atoms with E-state index < -0.39 is 0 Å². The second-order valence-corrected chi connectivity index (χ2v) is 5.94. The standard InChI is InChI=1S/C14H18BrNO2/c1-9-3-6-13(18-2)11(7-9)14(17)16-8-12(15)10-4-5-10/h3,6-7,10,12H,4-5,8H2,1-2H3,(H,16,17). The van der Waals surface area contributed by atoms with E-state index >= 15 is 0 Å². The van der Waals surface area contributed by atoms with Gasteiger partial charge in [-0.25, -0.2) is 0 Å². The Kier molecular flexibility index (Phi) is 4.27. The molecular weight excluding hydrogens is 294 g/mol. The predicted molar refractivity (Wildman–Crippen MR) is 75.5 cm³/mol. The number of nitrogens with one attached hydrogen (secondary N) is 1. The Hall–Kier alpha value is -1.03. The summed E-state index contributed by atoms with van der Waals surface area (Å²) >= 11 is 3.61. The Morgan fingerprint density at radius 1 is 1.56 bits per heavy atom. The number of amides is 1. The molecule has 1 unspecified atom stereocenters. The van der Waals surface area contributed by atoms with Crippen LogP contribution in [0.25, 0.3) is 0 Å². The van der Waals surface area contributed by atoms with Crippen molar-refractivity contribution in [1.82, 2.24) is 5.32 Å². The summed E-state index contributed by atoms with van der Waals surface area (Å²) in [5.41, 5.74) is 1.66. The molecule has 3 nitrogen and oxygen atoms in total. The fraction of sp³-hybridized carbons (Fsp3) is 0.500. The minimum atomic E-state index is -0.0688. The molecule has 0 saturated heterocycles. The molecule has 98 valence electrons. The zero-order valence-corrected chi connectivity index (χ0v) is 12.3. The van der Waals surface area contributed by atoms with E-state index in [2.05, 4.69) is 21.2 Å². The second-order valence-electron chi connectivity index (χ2n) is 4.77. The van der Waals surface area contributed by atoms with Crippen LogP contribution in [0, 0.1) is 12.8 Å². The molecule has 1 amide bonds. The van der Waals surface area contributed by atoms with Gasteiger partial charge in [0.25, 0.3) is 5.91 Å². The van der Waals surface area contributed by atoms with Gasteiger partial charge in [0.2, 0.25) is 0 Å². The van der Waals surface area contributed by atoms with Crippen molar-refractivity contribution in [3.05, 3.63) is 29.3 Å². The molecule has 0 aliphatic heterocycles. The number of alkyl halides is 1. The number of methoxy groups -OCH3 is 1. The van der Waals surface area contributed by atoms with Crippen LogP contribution in [0.5, 0.6) is 5.75 Å². The SMILES string of the molecule is COc1ccc(C)cc1C(=O)NCC(Br)C1CC1. The lowest BCUT2D eigenvalue weighted by molar-refractivity contribution is 0.0950. The van der Waals surface area contributed by atoms with Gasteiger partial charge in [0.1, 0.15) is 5.75 Å². The first kappa shape index (κ1) is 13.4. The van der Waals surface area contributed by atoms with Crippen LogP contribution in [0.3, 0.4) is 0 Å². The van der Waals surface area contributed by atoms with Gasteiger partial charge in [0.15, 0.2) is 0 Å². The molecule has 4 heteroatoms. The molecule has 1 aliphatic carbocycles. The van der Waals surface area contributed by atoms with Crippen LogP contribution in [0.15, 0.2) is 18.2 Å². The molecule has 0 bridgehead atoms. The minimum absolute atomic E-state index is 0.0688. The van der Waals surface area contributed by atoms with Gasteiger partial charge in [-0.2, -0.15) is 0 Å². The smallest absolute Gasteiger partial charge is 0.255 e. The highest BCUT2D eigenvalue weighted by Gasteiger charge is 2.29. The summed E-state index contributed by atoms with van der Waals surface area (Å²) in [5.74, 6) is 1.28. The topological polar surface area (TPSA) is 38.3 Å². The molecule has 1 saturated carbocycles. The molecule has 0 spiro atoms. The average molecular weight is 312 g/mol. The van der Waals surface area contributed by atoms with Gasteiger partial charge in [0.05, 0.1) is 12.7 Å². The molecule has 1 aromatic carbocycles. The Morgan fingerprint density at radius 2 is 2.28 bits per heavy atom. The van der Waals surface area contributed by atoms with Gasteiger partial charge >= 0.3 is 0 Å². The van der Waals surface area contributed by atoms with Crippen molar-refractivity contribution in [2.75, 3.05) is 13.7 Å². The van der Waals surface area contributed by atoms with Crippen molar-refractivity contribution in [3.8, 4) is 5.75 Å². The molecule has 0 aromatic heterocycles. The van der Waals surface area contributed by atoms with Crippen LogP contribution in [0.1, 0.15) is 28.8 Å². The zero-order chi connectivity index (χ0) is 13.1. The van der Waals surface area contributed by atoms with Crippen molar-refractivity contribution in [2.45, 2.75) is 24.6 Å². The van der Waals surface area contributed by atoms with E-state index in [1.807, 2.05) is 25.1 Å². The Labute approximate surface area is 116 Å². The summed E-state index contributed by atoms with van der Waals surface area (Å²) in [4.78, 5) is 12.5. The summed E-state index contributed by atoms with van der Waals surface area (Å²) in [5, 5.41) is 2.96. The van der Waals surface area contributed by atoms with Gasteiger partial charge in [-0.05, 0) is 37.8 Å². The molecule has 0 radical (unpaired) electrons. The van der Waals surface area contributed by atoms with Crippen molar-refractivity contribution in [2.24, 2.45) is 5.92 Å². The van der Waals surface area contributed by atoms with E-state index in [0.29, 0.717) is 22.7 Å². The molecule has 0 heterocycles. The first-order chi connectivity index (χ1) is 8.61. The predicted octanol–water partition coefficient (Wildman–Crippen LogP) is 2.91. The summed E-state index contributed by atoms with van der Waals surface area (Å²) in [7, 11) is 1.58. The molecule has 1 atom stereocenters. The maximum absolute atomic E-state index is 12.1. The highest BCUT2D eigenvalue weighted by Crippen LogP contribution is 2.36. The van der Waals surface area contributed by atoms with E-state index in [4.69, 9.17) is 4.74 Å². The van der Waals surface area contributed by atoms with Gasteiger partial charge in [0, 0.05) is 11.4 Å². The zero-order valence-electron chi connectivity index (χ0n) is 10.7. The van der Waals surface area contributed by atoms with Gasteiger partial charge < -0.3 is 10.1 Å². The second kappa shape index (κ2) is 5.74. The number of ether oxygens (including phenoxy) is 1. The number of aryl methyl sites for hydroxylation is 1. The third kappa shape index (κ3) is 3.25. The van der Waals surface area contributed by atoms with Crippen molar-refractivity contribution in [3.63, 3.8) is 0 Å². The summed E-state index contributed by atoms with van der Waals surface area (Å²) in [6.45, 7) is 2.63. The van der Waals surface area contributed by atoms with Gasteiger partial charge in [-0.3, -0.25) is 4.79 Å². The fourth-order valence-electron chi connectivity index (χ4n) is 1.91. The molecule has 1 fully saturated rings. The lowest BCUT2D eigenvalue weighted by Crippen LogP contribution is -2.30. The third-order valence-corrected chi connectivity index (χ3v) is 4.26. The summed E-state index contributed by atoms with van der Waals surface area (Å²) < 4.78 is 5.22. The van der Waals surface area contributed by atoms with Crippen LogP contribution >= 0.6 is 15.9 Å². The third-order valence-electron chi connectivity index (χ3n) is 3.19. The Balaban J connectivity index is 2.00. The van der Waals surface area contributed by atoms with E-state index in [1.54, 1.807) is 7.11 Å². The number of hydrogen-bond acceptors (Lipinski definition) is 2. The van der Waals surface area contributed by atoms with Crippen molar-refractivity contribution >= 4 is 21.8 Å². The lowest BCUT2D eigenvalue weighted by Gasteiger charge is -2.12. The van der Waals surface area contributed by atoms with E-state index in [0.717, 1.165) is 11.5 Å². The number of carbonyl (C=O) groups is 1. The largest absolute Gasteiger partial charge is 0.496 e. The molecule has 1 N–H and O–H groups in total. The summed E-state index contributed by atoms with van der Waals surface area (Å²) in [6, 6.07) is 5.62. The number of rotatable bonds is 5. The number of benzene rings is 1. The van der Waals surface area contributed by atoms with Crippen LogP contribution in [-0.2, 0) is 0 Å². The van der Waals surface area contributed by atoms with E-state index in [1.165, 1.54) is 12.8 Å². The van der Waals surface area contributed by atoms with E-state index in [-0.39, 0.29) is 5.91 Å². The van der Waals surface area contributed by atoms with Crippen LogP contribution in [-0.4, -0.2) is 24.4 Å². The number of halogens is 1. The Morgan fingerprint density at radius 3 is 2.89 bits per heavy atom. The summed E-state index contributed by atoms with van der Waals surface area (Å²) in [6.07, 6.45) is 2.53. The highest BCUT2D eigenvalue weighted by atomic mass is 79.9. The first-order valence-corrected chi connectivity index (χ1v) is 7.10. The van der Waals surface area contributed by atoms with E-state index in [9.17, 15) is 4.79 Å². The monoisotopic (exact) mass is 311 g/mol. The van der Waals surface area contributed by atoms with Crippen LogP contribution in [0.2, 0.25) is 0 Å². The minimum Gasteiger partial charge on any atom is -0.496 e. The van der Waals surface area contributed by atoms with Crippen LogP contribution in [0.4, 0.5) is 0 Å². The molecular formula is C14H18BrNO2. The molecule has 1 aliphatic rings. The quantitative estimate of drug-likeness (QED) is 0.849. The van der Waals surface area contributed by atoms with Crippen LogP contribution < -0.4 is 10.1 Å².